The molecule has 1 N–H and O–H groups in total. The molecule has 4 aromatic rings. The lowest BCUT2D eigenvalue weighted by Gasteiger charge is -2.32. The SMILES string of the molecule is CNc1cc2c(cn1)c(-c1ccc(CN3CCN(C)CC3)cc1)nn2C1CCC(Oc2ccc(=O)n(C)n2)CC1.[HH]. The third-order valence-electron chi connectivity index (χ3n) is 8.29. The Bertz CT molecular complexity index is 1520. The molecule has 0 atom stereocenters. The van der Waals surface area contributed by atoms with Crippen LogP contribution in [0.5, 0.6) is 5.88 Å². The van der Waals surface area contributed by atoms with Crippen molar-refractivity contribution in [3.05, 3.63) is 64.6 Å². The highest BCUT2D eigenvalue weighted by Crippen LogP contribution is 2.36. The minimum absolute atomic E-state index is 0. The highest BCUT2D eigenvalue weighted by atomic mass is 16.5. The van der Waals surface area contributed by atoms with Gasteiger partial charge in [0.15, 0.2) is 0 Å². The smallest absolute Gasteiger partial charge is 0.266 e. The fourth-order valence-electron chi connectivity index (χ4n) is 5.81. The number of anilines is 1. The van der Waals surface area contributed by atoms with E-state index in [-0.39, 0.29) is 19.1 Å². The number of piperazine rings is 1. The zero-order valence-corrected chi connectivity index (χ0v) is 23.6. The molecule has 10 nitrogen and oxygen atoms in total. The molecule has 1 aromatic carbocycles. The number of nitrogens with zero attached hydrogens (tertiary/aromatic N) is 7. The van der Waals surface area contributed by atoms with E-state index in [4.69, 9.17) is 9.84 Å². The molecule has 40 heavy (non-hydrogen) atoms. The molecule has 0 bridgehead atoms. The zero-order chi connectivity index (χ0) is 27.6. The average molecular weight is 545 g/mol. The van der Waals surface area contributed by atoms with Gasteiger partial charge in [-0.25, -0.2) is 9.67 Å². The van der Waals surface area contributed by atoms with Crippen LogP contribution in [0.2, 0.25) is 0 Å². The number of nitrogens with one attached hydrogen (secondary N) is 1. The van der Waals surface area contributed by atoms with Crippen LogP contribution in [0.25, 0.3) is 22.2 Å². The van der Waals surface area contributed by atoms with Crippen LogP contribution < -0.4 is 15.6 Å². The summed E-state index contributed by atoms with van der Waals surface area (Å²) >= 11 is 0. The van der Waals surface area contributed by atoms with Gasteiger partial charge in [-0.2, -0.15) is 5.10 Å². The van der Waals surface area contributed by atoms with E-state index in [9.17, 15) is 4.79 Å². The van der Waals surface area contributed by atoms with Gasteiger partial charge >= 0.3 is 0 Å². The average Bonchev–Trinajstić information content (AvgIpc) is 3.36. The summed E-state index contributed by atoms with van der Waals surface area (Å²) in [6.45, 7) is 5.46. The minimum Gasteiger partial charge on any atom is -0.473 e. The number of rotatable bonds is 7. The molecule has 2 fully saturated rings. The van der Waals surface area contributed by atoms with Gasteiger partial charge in [0.1, 0.15) is 17.6 Å². The molecular weight excluding hydrogens is 504 g/mol. The van der Waals surface area contributed by atoms with Gasteiger partial charge in [0.25, 0.3) is 5.56 Å². The molecule has 3 aromatic heterocycles. The molecule has 6 rings (SSSR count). The van der Waals surface area contributed by atoms with Crippen molar-refractivity contribution in [2.24, 2.45) is 7.05 Å². The van der Waals surface area contributed by atoms with E-state index < -0.39 is 0 Å². The largest absolute Gasteiger partial charge is 0.473 e. The quantitative estimate of drug-likeness (QED) is 0.376. The van der Waals surface area contributed by atoms with E-state index in [1.807, 2.05) is 13.2 Å². The molecule has 10 heteroatoms. The van der Waals surface area contributed by atoms with E-state index in [2.05, 4.69) is 67.3 Å². The third kappa shape index (κ3) is 5.59. The van der Waals surface area contributed by atoms with E-state index >= 15 is 0 Å². The zero-order valence-electron chi connectivity index (χ0n) is 23.6. The minimum atomic E-state index is -0.141. The first-order valence-electron chi connectivity index (χ1n) is 14.2. The van der Waals surface area contributed by atoms with Crippen LogP contribution in [-0.2, 0) is 13.6 Å². The maximum atomic E-state index is 11.7. The summed E-state index contributed by atoms with van der Waals surface area (Å²) in [7, 11) is 5.73. The molecule has 0 radical (unpaired) electrons. The van der Waals surface area contributed by atoms with Crippen LogP contribution in [0.4, 0.5) is 5.82 Å². The monoisotopic (exact) mass is 544 g/mol. The Kier molecular flexibility index (Phi) is 7.53. The Labute approximate surface area is 236 Å². The summed E-state index contributed by atoms with van der Waals surface area (Å²) in [6, 6.07) is 14.4. The van der Waals surface area contributed by atoms with Gasteiger partial charge in [0, 0.05) is 83.6 Å². The second-order valence-corrected chi connectivity index (χ2v) is 11.1. The fourth-order valence-corrected chi connectivity index (χ4v) is 5.81. The van der Waals surface area contributed by atoms with Gasteiger partial charge in [-0.05, 0) is 38.3 Å². The van der Waals surface area contributed by atoms with Crippen molar-refractivity contribution in [3.8, 4) is 17.1 Å². The lowest BCUT2D eigenvalue weighted by molar-refractivity contribution is 0.123. The Morgan fingerprint density at radius 3 is 2.42 bits per heavy atom. The van der Waals surface area contributed by atoms with Crippen LogP contribution >= 0.6 is 0 Å². The summed E-state index contributed by atoms with van der Waals surface area (Å²) in [6.07, 6.45) is 5.72. The van der Waals surface area contributed by atoms with E-state index in [1.165, 1.54) is 16.3 Å². The second-order valence-electron chi connectivity index (χ2n) is 11.1. The van der Waals surface area contributed by atoms with Crippen molar-refractivity contribution >= 4 is 16.7 Å². The van der Waals surface area contributed by atoms with E-state index in [0.717, 1.165) is 86.4 Å². The highest BCUT2D eigenvalue weighted by molar-refractivity contribution is 5.94. The van der Waals surface area contributed by atoms with Crippen molar-refractivity contribution in [2.75, 3.05) is 45.6 Å². The van der Waals surface area contributed by atoms with Crippen LogP contribution in [0, 0.1) is 0 Å². The molecule has 0 unspecified atom stereocenters. The van der Waals surface area contributed by atoms with Crippen LogP contribution in [0.3, 0.4) is 0 Å². The molecule has 212 valence electrons. The number of hydrogen-bond acceptors (Lipinski definition) is 8. The summed E-state index contributed by atoms with van der Waals surface area (Å²) in [5.41, 5.74) is 4.38. The molecule has 2 aliphatic rings. The van der Waals surface area contributed by atoms with E-state index in [1.54, 1.807) is 13.1 Å². The van der Waals surface area contributed by atoms with Crippen LogP contribution in [0.1, 0.15) is 38.7 Å². The Morgan fingerprint density at radius 2 is 1.73 bits per heavy atom. The summed E-state index contributed by atoms with van der Waals surface area (Å²) in [5.74, 6) is 1.33. The number of aromatic nitrogens is 5. The Balaban J connectivity index is 0.00000337. The lowest BCUT2D eigenvalue weighted by atomic mass is 9.93. The van der Waals surface area contributed by atoms with Crippen molar-refractivity contribution in [3.63, 3.8) is 0 Å². The molecule has 1 saturated carbocycles. The molecule has 0 amide bonds. The number of fused-ring (bicyclic) bond motifs is 1. The topological polar surface area (TPSA) is 93.3 Å². The van der Waals surface area contributed by atoms with Crippen molar-refractivity contribution in [2.45, 2.75) is 44.4 Å². The Morgan fingerprint density at radius 1 is 0.975 bits per heavy atom. The van der Waals surface area contributed by atoms with Gasteiger partial charge in [-0.3, -0.25) is 14.4 Å². The fraction of sp³-hybridized carbons (Fsp3) is 0.467. The second kappa shape index (κ2) is 11.4. The predicted molar refractivity (Wildman–Crippen MR) is 159 cm³/mol. The molecule has 4 heterocycles. The number of hydrogen-bond donors (Lipinski definition) is 1. The summed E-state index contributed by atoms with van der Waals surface area (Å²) in [5, 5.41) is 13.7. The first kappa shape index (κ1) is 26.5. The molecule has 1 saturated heterocycles. The molecular formula is C30H40N8O2. The Hall–Kier alpha value is -3.76. The summed E-state index contributed by atoms with van der Waals surface area (Å²) < 4.78 is 9.63. The number of likely N-dealkylation sites (N-methyl/N-ethyl adjacent to an activating group) is 1. The van der Waals surface area contributed by atoms with Crippen molar-refractivity contribution in [1.82, 2.24) is 34.3 Å². The van der Waals surface area contributed by atoms with Gasteiger partial charge < -0.3 is 15.0 Å². The van der Waals surface area contributed by atoms with Gasteiger partial charge in [-0.1, -0.05) is 24.3 Å². The van der Waals surface area contributed by atoms with Gasteiger partial charge in [-0.15, -0.1) is 5.10 Å². The maximum absolute atomic E-state index is 11.7. The maximum Gasteiger partial charge on any atom is 0.266 e. The van der Waals surface area contributed by atoms with E-state index in [0.29, 0.717) is 5.88 Å². The third-order valence-corrected chi connectivity index (χ3v) is 8.29. The predicted octanol–water partition coefficient (Wildman–Crippen LogP) is 3.79. The number of pyridine rings is 1. The molecule has 1 aliphatic heterocycles. The number of benzene rings is 1. The van der Waals surface area contributed by atoms with Gasteiger partial charge in [0.2, 0.25) is 5.88 Å². The standard InChI is InChI=1S/C30H38N8O2.H2/c1-31-27-18-26-25(19-32-27)30(22-6-4-21(5-7-22)20-37-16-14-35(2)15-17-37)34-38(26)23-8-10-24(11-9-23)40-28-12-13-29(39)36(3)33-28;/h4-7,12-13,18-19,23-24H,8-11,14-17,20H2,1-3H3,(H,31,32);1H. The molecule has 1 aliphatic carbocycles. The number of aryl methyl sites for hydroxylation is 1. The normalized spacial score (nSPS) is 20.6. The van der Waals surface area contributed by atoms with Crippen LogP contribution in [-0.4, -0.2) is 80.7 Å². The highest BCUT2D eigenvalue weighted by Gasteiger charge is 2.27. The molecule has 0 spiro atoms. The van der Waals surface area contributed by atoms with Crippen LogP contribution in [0.15, 0.2) is 53.5 Å². The first-order valence-corrected chi connectivity index (χ1v) is 14.2. The van der Waals surface area contributed by atoms with Gasteiger partial charge in [0.05, 0.1) is 11.6 Å². The first-order chi connectivity index (χ1) is 19.5. The van der Waals surface area contributed by atoms with Crippen molar-refractivity contribution < 1.29 is 6.16 Å². The number of ether oxygens (including phenoxy) is 1. The van der Waals surface area contributed by atoms with Crippen molar-refractivity contribution in [1.29, 1.82) is 0 Å². The summed E-state index contributed by atoms with van der Waals surface area (Å²) in [4.78, 5) is 21.2. The lowest BCUT2D eigenvalue weighted by Crippen LogP contribution is -2.43.